The number of nitrogens with two attached hydrogens (primary N) is 1. The molecular formula is H6F3NS. The molecule has 38 valence electrons. The fraction of sp³-hybridized carbons (Fsp3) is 0. The lowest BCUT2D eigenvalue weighted by atomic mass is 14.0. The van der Waals surface area contributed by atoms with Gasteiger partial charge in [-0.3, -0.25) is 19.3 Å². The second kappa shape index (κ2) is 3940. The van der Waals surface area contributed by atoms with Gasteiger partial charge in [0.05, 0.1) is 0 Å². The molecule has 0 heterocycles. The molecule has 0 unspecified atom stereocenters. The molecule has 0 aliphatic rings. The van der Waals surface area contributed by atoms with Crippen molar-refractivity contribution in [3.05, 3.63) is 0 Å². The zero-order valence-corrected chi connectivity index (χ0v) is 3.14. The molecule has 0 aliphatic heterocycles. The van der Waals surface area contributed by atoms with Crippen LogP contribution in [0.25, 0.3) is 0 Å². The van der Waals surface area contributed by atoms with Gasteiger partial charge in [-0.15, -0.1) is 12.8 Å². The second-order valence-electron chi connectivity index (χ2n) is 0. The highest BCUT2D eigenvalue weighted by Crippen LogP contribution is 1.12. The third-order valence-electron chi connectivity index (χ3n) is 0. The Hall–Kier alpha value is 0.100. The lowest BCUT2D eigenvalue weighted by molar-refractivity contribution is 1.11. The molecule has 0 atom stereocenters. The van der Waals surface area contributed by atoms with Gasteiger partial charge in [-0.25, -0.2) is 0 Å². The second-order valence-corrected chi connectivity index (χ2v) is 0. The van der Waals surface area contributed by atoms with Crippen molar-refractivity contribution in [2.75, 3.05) is 0 Å². The molecule has 1 nitrogen and oxygen atoms in total. The van der Waals surface area contributed by atoms with E-state index in [0.717, 1.165) is 0 Å². The van der Waals surface area contributed by atoms with Gasteiger partial charge in [0.2, 0.25) is 0 Å². The van der Waals surface area contributed by atoms with Gasteiger partial charge in [-0.1, -0.05) is 0 Å². The van der Waals surface area contributed by atoms with Gasteiger partial charge in [0.15, 0.2) is 0 Å². The average molecular weight is 109 g/mol. The predicted octanol–water partition coefficient (Wildman–Crippen LogP) is 0.247. The van der Waals surface area contributed by atoms with Crippen molar-refractivity contribution in [2.24, 2.45) is 5.14 Å². The van der Waals surface area contributed by atoms with E-state index in [4.69, 9.17) is 0 Å². The summed E-state index contributed by atoms with van der Waals surface area (Å²) in [6, 6.07) is 0. The Balaban J connectivity index is -0.00000000167. The standard InChI is InChI=1S/3FH.H3NS/c;;;1-2/h3*1H;2H,1H2. The van der Waals surface area contributed by atoms with Gasteiger partial charge >= 0.3 is 0 Å². The lowest BCUT2D eigenvalue weighted by Gasteiger charge is -1.20. The van der Waals surface area contributed by atoms with E-state index >= 15 is 0 Å². The summed E-state index contributed by atoms with van der Waals surface area (Å²) in [6.07, 6.45) is 0. The van der Waals surface area contributed by atoms with Crippen LogP contribution in [0, 0.1) is 0 Å². The number of hydrogen-bond acceptors (Lipinski definition) is 2. The molecule has 0 saturated heterocycles. The Labute approximate surface area is 33.2 Å². The molecule has 0 amide bonds. The highest BCUT2D eigenvalue weighted by atomic mass is 32.1. The van der Waals surface area contributed by atoms with Gasteiger partial charge in [0, 0.05) is 0 Å². The van der Waals surface area contributed by atoms with Crippen LogP contribution in [0.4, 0.5) is 14.1 Å². The van der Waals surface area contributed by atoms with E-state index < -0.39 is 0 Å². The molecule has 5 heavy (non-hydrogen) atoms. The van der Waals surface area contributed by atoms with E-state index in [1.54, 1.807) is 0 Å². The molecule has 0 rings (SSSR count). The molecule has 0 spiro atoms. The Bertz CT molecular complexity index is 6.85. The highest BCUT2D eigenvalue weighted by molar-refractivity contribution is 7.77. The van der Waals surface area contributed by atoms with Crippen LogP contribution >= 0.6 is 12.8 Å². The third-order valence-corrected chi connectivity index (χ3v) is 0. The molecule has 0 aromatic carbocycles. The predicted molar refractivity (Wildman–Crippen MR) is 20.7 cm³/mol. The zero-order valence-electron chi connectivity index (χ0n) is 2.25. The number of rotatable bonds is 0. The van der Waals surface area contributed by atoms with Crippen LogP contribution in [0.5, 0.6) is 0 Å². The van der Waals surface area contributed by atoms with E-state index in [1.807, 2.05) is 0 Å². The summed E-state index contributed by atoms with van der Waals surface area (Å²) in [5, 5.41) is 4.19. The molecule has 2 N–H and O–H groups in total. The SMILES string of the molecule is F.F.F.NS. The first-order chi connectivity index (χ1) is 1.00. The van der Waals surface area contributed by atoms with Crippen LogP contribution in [0.15, 0.2) is 0 Å². The van der Waals surface area contributed by atoms with Crippen LogP contribution < -0.4 is 5.14 Å². The molecule has 0 bridgehead atoms. The largest absolute Gasteiger partial charge is 0.281 e. The van der Waals surface area contributed by atoms with Crippen molar-refractivity contribution in [3.8, 4) is 0 Å². The molecule has 0 saturated carbocycles. The van der Waals surface area contributed by atoms with E-state index in [2.05, 4.69) is 18.0 Å². The first kappa shape index (κ1) is 70.9. The number of halogens is 3. The molecule has 5 heteroatoms. The Morgan fingerprint density at radius 2 is 0.800 bits per heavy atom. The summed E-state index contributed by atoms with van der Waals surface area (Å²) in [7, 11) is 0. The van der Waals surface area contributed by atoms with Gasteiger partial charge < -0.3 is 0 Å². The number of thiol groups is 1. The topological polar surface area (TPSA) is 26.0 Å². The van der Waals surface area contributed by atoms with Crippen molar-refractivity contribution in [2.45, 2.75) is 0 Å². The van der Waals surface area contributed by atoms with Crippen LogP contribution in [0.1, 0.15) is 0 Å². The summed E-state index contributed by atoms with van der Waals surface area (Å²) in [6.45, 7) is 0. The highest BCUT2D eigenvalue weighted by Gasteiger charge is 0.812. The normalized spacial score (nSPS) is 1.20. The zero-order chi connectivity index (χ0) is 2.00. The lowest BCUT2D eigenvalue weighted by Crippen LogP contribution is -1.49. The minimum Gasteiger partial charge on any atom is -0.281 e. The Morgan fingerprint density at radius 3 is 0.800 bits per heavy atom. The minimum atomic E-state index is 0. The molecule has 0 radical (unpaired) electrons. The maximum atomic E-state index is 4.19. The van der Waals surface area contributed by atoms with Crippen molar-refractivity contribution in [1.82, 2.24) is 0 Å². The van der Waals surface area contributed by atoms with Gasteiger partial charge in [0.1, 0.15) is 0 Å². The van der Waals surface area contributed by atoms with Crippen molar-refractivity contribution in [1.29, 1.82) is 0 Å². The minimum absolute atomic E-state index is 0. The van der Waals surface area contributed by atoms with Crippen LogP contribution in [-0.4, -0.2) is 0 Å². The fourth-order valence-electron chi connectivity index (χ4n) is 0. The quantitative estimate of drug-likeness (QED) is 0.428. The van der Waals surface area contributed by atoms with Crippen molar-refractivity contribution in [3.63, 3.8) is 0 Å². The maximum absolute atomic E-state index is 4.19. The van der Waals surface area contributed by atoms with E-state index in [-0.39, 0.29) is 14.1 Å². The molecule has 0 aliphatic carbocycles. The van der Waals surface area contributed by atoms with E-state index in [9.17, 15) is 0 Å². The average Bonchev–Trinajstić information content (AvgIpc) is 1.00. The molecule has 0 aromatic heterocycles. The third kappa shape index (κ3) is 1810. The first-order valence-corrected chi connectivity index (χ1v) is 0.775. The molecular weight excluding hydrogens is 103 g/mol. The smallest absolute Gasteiger partial charge is 0.103 e. The van der Waals surface area contributed by atoms with Crippen molar-refractivity contribution < 1.29 is 14.1 Å². The molecule has 0 aromatic rings. The van der Waals surface area contributed by atoms with Crippen LogP contribution in [0.2, 0.25) is 0 Å². The van der Waals surface area contributed by atoms with Crippen LogP contribution in [0.3, 0.4) is 0 Å². The fourth-order valence-corrected chi connectivity index (χ4v) is 0. The van der Waals surface area contributed by atoms with Gasteiger partial charge in [-0.2, -0.15) is 0 Å². The monoisotopic (exact) mass is 109 g/mol. The maximum Gasteiger partial charge on any atom is -0.103 e. The summed E-state index contributed by atoms with van der Waals surface area (Å²) in [5.74, 6) is 0. The van der Waals surface area contributed by atoms with E-state index in [0.29, 0.717) is 0 Å². The summed E-state index contributed by atoms with van der Waals surface area (Å²) < 4.78 is 0. The van der Waals surface area contributed by atoms with E-state index in [1.165, 1.54) is 0 Å². The summed E-state index contributed by atoms with van der Waals surface area (Å²) in [5.41, 5.74) is 0. The summed E-state index contributed by atoms with van der Waals surface area (Å²) in [4.78, 5) is 0. The molecule has 0 fully saturated rings. The van der Waals surface area contributed by atoms with Crippen molar-refractivity contribution >= 4 is 12.8 Å². The van der Waals surface area contributed by atoms with Gasteiger partial charge in [-0.05, 0) is 0 Å². The number of hydrogen-bond donors (Lipinski definition) is 2. The van der Waals surface area contributed by atoms with Gasteiger partial charge in [0.25, 0.3) is 0 Å². The summed E-state index contributed by atoms with van der Waals surface area (Å²) >= 11 is 3.03. The Morgan fingerprint density at radius 1 is 0.800 bits per heavy atom. The first-order valence-electron chi connectivity index (χ1n) is 0.258. The van der Waals surface area contributed by atoms with Crippen LogP contribution in [-0.2, 0) is 0 Å². The Kier molecular flexibility index (Phi) is 55800.